The minimum atomic E-state index is 0.986. The van der Waals surface area contributed by atoms with Crippen LogP contribution >= 0.6 is 0 Å². The maximum Gasteiger partial charge on any atom is 0.0672 e. The van der Waals surface area contributed by atoms with E-state index in [4.69, 9.17) is 0 Å². The number of likely N-dealkylation sites (N-methyl/N-ethyl adjacent to an activating group) is 1. The van der Waals surface area contributed by atoms with Gasteiger partial charge in [-0.25, -0.2) is 0 Å². The first-order valence-corrected chi connectivity index (χ1v) is 6.14. The molecule has 0 bridgehead atoms. The molecule has 1 aromatic rings. The predicted octanol–water partition coefficient (Wildman–Crippen LogP) is 2.56. The van der Waals surface area contributed by atoms with Crippen molar-refractivity contribution >= 4 is 5.57 Å². The van der Waals surface area contributed by atoms with Gasteiger partial charge in [-0.1, -0.05) is 18.9 Å². The highest BCUT2D eigenvalue weighted by Gasteiger charge is 2.12. The molecule has 0 saturated heterocycles. The molecule has 88 valence electrons. The average Bonchev–Trinajstić information content (AvgIpc) is 2.40. The maximum atomic E-state index is 4.49. The van der Waals surface area contributed by atoms with Gasteiger partial charge in [0.15, 0.2) is 0 Å². The van der Waals surface area contributed by atoms with Crippen LogP contribution in [-0.2, 0) is 0 Å². The highest BCUT2D eigenvalue weighted by molar-refractivity contribution is 5.65. The number of hydrogen-bond acceptors (Lipinski definition) is 2. The quantitative estimate of drug-likeness (QED) is 0.720. The van der Waals surface area contributed by atoms with Crippen molar-refractivity contribution < 1.29 is 0 Å². The molecule has 0 fully saturated rings. The third-order valence-corrected chi connectivity index (χ3v) is 3.04. The second-order valence-corrected chi connectivity index (χ2v) is 4.19. The van der Waals surface area contributed by atoms with E-state index in [1.807, 2.05) is 19.2 Å². The number of pyridine rings is 1. The summed E-state index contributed by atoms with van der Waals surface area (Å²) in [7, 11) is 0. The molecule has 0 atom stereocenters. The van der Waals surface area contributed by atoms with E-state index in [0.29, 0.717) is 0 Å². The van der Waals surface area contributed by atoms with Crippen LogP contribution < -0.4 is 0 Å². The second-order valence-electron chi connectivity index (χ2n) is 4.19. The van der Waals surface area contributed by atoms with E-state index in [1.54, 1.807) is 0 Å². The van der Waals surface area contributed by atoms with Crippen molar-refractivity contribution in [2.75, 3.05) is 19.6 Å². The Balaban J connectivity index is 2.16. The van der Waals surface area contributed by atoms with E-state index >= 15 is 0 Å². The molecule has 0 saturated carbocycles. The van der Waals surface area contributed by atoms with E-state index in [2.05, 4.69) is 40.8 Å². The zero-order valence-electron chi connectivity index (χ0n) is 10.5. The summed E-state index contributed by atoms with van der Waals surface area (Å²) in [5, 5.41) is 0. The van der Waals surface area contributed by atoms with Gasteiger partial charge in [0.2, 0.25) is 0 Å². The van der Waals surface area contributed by atoms with Crippen molar-refractivity contribution in [2.45, 2.75) is 20.3 Å². The fourth-order valence-corrected chi connectivity index (χ4v) is 2.06. The molecule has 0 amide bonds. The van der Waals surface area contributed by atoms with Crippen LogP contribution in [0.15, 0.2) is 24.4 Å². The smallest absolute Gasteiger partial charge is 0.0672 e. The summed E-state index contributed by atoms with van der Waals surface area (Å²) in [6.07, 6.45) is 5.29. The van der Waals surface area contributed by atoms with Gasteiger partial charge < -0.3 is 0 Å². The largest absolute Gasteiger partial charge is 0.299 e. The van der Waals surface area contributed by atoms with Crippen LogP contribution in [0.4, 0.5) is 0 Å². The molecule has 1 aliphatic rings. The van der Waals surface area contributed by atoms with Crippen LogP contribution in [0.2, 0.25) is 0 Å². The monoisotopic (exact) mass is 226 g/mol. The number of nitrogens with zero attached hydrogens (tertiary/aromatic N) is 2. The second kappa shape index (κ2) is 5.65. The average molecular weight is 226 g/mol. The maximum absolute atomic E-state index is 4.49. The third-order valence-electron chi connectivity index (χ3n) is 3.04. The Kier molecular flexibility index (Phi) is 3.95. The molecule has 2 heterocycles. The molecular weight excluding hydrogens is 208 g/mol. The van der Waals surface area contributed by atoms with Gasteiger partial charge in [-0.05, 0) is 37.6 Å². The molecule has 0 spiro atoms. The Morgan fingerprint density at radius 3 is 2.94 bits per heavy atom. The molecule has 0 N–H and O–H groups in total. The van der Waals surface area contributed by atoms with Crippen LogP contribution in [0.3, 0.4) is 0 Å². The van der Waals surface area contributed by atoms with E-state index in [0.717, 1.165) is 30.8 Å². The van der Waals surface area contributed by atoms with Crippen molar-refractivity contribution in [3.8, 4) is 11.8 Å². The first kappa shape index (κ1) is 11.9. The van der Waals surface area contributed by atoms with Gasteiger partial charge in [0.05, 0.1) is 5.69 Å². The van der Waals surface area contributed by atoms with Gasteiger partial charge in [0.25, 0.3) is 0 Å². The van der Waals surface area contributed by atoms with E-state index in [-0.39, 0.29) is 0 Å². The standard InChI is InChI=1S/C15H18N2/c1-3-6-13-8-9-15(16-11-13)14-7-5-10-17(4-2)12-14/h7-9,11H,4-5,10,12H2,1-2H3. The number of aromatic nitrogens is 1. The topological polar surface area (TPSA) is 16.1 Å². The Hall–Kier alpha value is -1.59. The van der Waals surface area contributed by atoms with Gasteiger partial charge in [-0.2, -0.15) is 0 Å². The Bertz CT molecular complexity index is 460. The van der Waals surface area contributed by atoms with Gasteiger partial charge in [-0.15, -0.1) is 5.92 Å². The SMILES string of the molecule is CC#Cc1ccc(C2=CCCN(CC)C2)nc1. The minimum Gasteiger partial charge on any atom is -0.299 e. The number of rotatable bonds is 2. The van der Waals surface area contributed by atoms with Crippen molar-refractivity contribution in [1.29, 1.82) is 0 Å². The zero-order valence-corrected chi connectivity index (χ0v) is 10.5. The third kappa shape index (κ3) is 2.95. The molecule has 2 heteroatoms. The lowest BCUT2D eigenvalue weighted by atomic mass is 10.1. The summed E-state index contributed by atoms with van der Waals surface area (Å²) in [6, 6.07) is 4.12. The molecule has 1 aromatic heterocycles. The van der Waals surface area contributed by atoms with E-state index in [9.17, 15) is 0 Å². The van der Waals surface area contributed by atoms with Crippen LogP contribution in [0.1, 0.15) is 31.5 Å². The molecule has 0 aromatic carbocycles. The van der Waals surface area contributed by atoms with E-state index in [1.165, 1.54) is 12.1 Å². The van der Waals surface area contributed by atoms with Crippen LogP contribution in [-0.4, -0.2) is 29.5 Å². The summed E-state index contributed by atoms with van der Waals surface area (Å²) in [6.45, 7) is 7.34. The van der Waals surface area contributed by atoms with E-state index < -0.39 is 0 Å². The summed E-state index contributed by atoms with van der Waals surface area (Å²) in [5.41, 5.74) is 3.42. The van der Waals surface area contributed by atoms with Crippen LogP contribution in [0.5, 0.6) is 0 Å². The highest BCUT2D eigenvalue weighted by Crippen LogP contribution is 2.18. The fourth-order valence-electron chi connectivity index (χ4n) is 2.06. The number of hydrogen-bond donors (Lipinski definition) is 0. The van der Waals surface area contributed by atoms with Gasteiger partial charge >= 0.3 is 0 Å². The molecule has 2 rings (SSSR count). The minimum absolute atomic E-state index is 0.986. The molecule has 0 radical (unpaired) electrons. The Morgan fingerprint density at radius 2 is 2.29 bits per heavy atom. The van der Waals surface area contributed by atoms with Crippen molar-refractivity contribution in [3.63, 3.8) is 0 Å². The first-order valence-electron chi connectivity index (χ1n) is 6.14. The normalized spacial score (nSPS) is 16.0. The Morgan fingerprint density at radius 1 is 1.41 bits per heavy atom. The summed E-state index contributed by atoms with van der Waals surface area (Å²) < 4.78 is 0. The summed E-state index contributed by atoms with van der Waals surface area (Å²) >= 11 is 0. The molecule has 2 nitrogen and oxygen atoms in total. The molecule has 0 unspecified atom stereocenters. The Labute approximate surface area is 103 Å². The predicted molar refractivity (Wildman–Crippen MR) is 71.5 cm³/mol. The van der Waals surface area contributed by atoms with Gasteiger partial charge in [0.1, 0.15) is 0 Å². The lowest BCUT2D eigenvalue weighted by Crippen LogP contribution is -2.29. The summed E-state index contributed by atoms with van der Waals surface area (Å²) in [4.78, 5) is 6.93. The lowest BCUT2D eigenvalue weighted by molar-refractivity contribution is 0.321. The molecule has 1 aliphatic heterocycles. The van der Waals surface area contributed by atoms with Crippen molar-refractivity contribution in [3.05, 3.63) is 35.7 Å². The lowest BCUT2D eigenvalue weighted by Gasteiger charge is -2.25. The zero-order chi connectivity index (χ0) is 12.1. The van der Waals surface area contributed by atoms with Crippen molar-refractivity contribution in [1.82, 2.24) is 9.88 Å². The van der Waals surface area contributed by atoms with Crippen LogP contribution in [0, 0.1) is 11.8 Å². The van der Waals surface area contributed by atoms with Gasteiger partial charge in [0, 0.05) is 24.8 Å². The molecule has 17 heavy (non-hydrogen) atoms. The van der Waals surface area contributed by atoms with Gasteiger partial charge in [-0.3, -0.25) is 9.88 Å². The molecular formula is C15H18N2. The summed E-state index contributed by atoms with van der Waals surface area (Å²) in [5.74, 6) is 5.90. The van der Waals surface area contributed by atoms with Crippen LogP contribution in [0.25, 0.3) is 5.57 Å². The highest BCUT2D eigenvalue weighted by atomic mass is 15.1. The van der Waals surface area contributed by atoms with Crippen molar-refractivity contribution in [2.24, 2.45) is 0 Å². The first-order chi connectivity index (χ1) is 8.33. The fraction of sp³-hybridized carbons (Fsp3) is 0.400. The molecule has 0 aliphatic carbocycles.